The average Bonchev–Trinajstić information content (AvgIpc) is 3.30. The number of benzene rings is 1. The lowest BCUT2D eigenvalue weighted by Gasteiger charge is -2.16. The van der Waals surface area contributed by atoms with Crippen molar-refractivity contribution in [2.45, 2.75) is 39.3 Å². The number of nitrogen functional groups attached to an aromatic ring is 1. The number of carbonyl (C=O) groups is 1. The summed E-state index contributed by atoms with van der Waals surface area (Å²) in [4.78, 5) is 20.4. The second kappa shape index (κ2) is 9.94. The number of anilines is 1. The highest BCUT2D eigenvalue weighted by Gasteiger charge is 2.16. The highest BCUT2D eigenvalue weighted by Crippen LogP contribution is 2.25. The van der Waals surface area contributed by atoms with Crippen LogP contribution in [-0.4, -0.2) is 48.1 Å². The number of rotatable bonds is 9. The van der Waals surface area contributed by atoms with Gasteiger partial charge in [-0.15, -0.1) is 0 Å². The maximum atomic E-state index is 11.4. The fraction of sp³-hybridized carbons (Fsp3) is 0.333. The van der Waals surface area contributed by atoms with Gasteiger partial charge in [-0.1, -0.05) is 15.9 Å². The molecule has 3 heterocycles. The Bertz CT molecular complexity index is 1350. The van der Waals surface area contributed by atoms with E-state index in [9.17, 15) is 9.90 Å². The van der Waals surface area contributed by atoms with Crippen LogP contribution >= 0.6 is 15.9 Å². The Morgan fingerprint density at radius 2 is 2.06 bits per heavy atom. The minimum absolute atomic E-state index is 0.0544. The summed E-state index contributed by atoms with van der Waals surface area (Å²) in [5.74, 6) is -0.507. The van der Waals surface area contributed by atoms with Crippen molar-refractivity contribution in [2.24, 2.45) is 7.05 Å². The Hall–Kier alpha value is -3.24. The number of imidazole rings is 1. The molecule has 9 nitrogen and oxygen atoms in total. The number of hydrogen-bond donors (Lipinski definition) is 2. The molecule has 0 spiro atoms. The second-order valence-corrected chi connectivity index (χ2v) is 9.23. The van der Waals surface area contributed by atoms with E-state index in [1.807, 2.05) is 36.7 Å². The molecule has 1 aromatic carbocycles. The van der Waals surface area contributed by atoms with E-state index in [4.69, 9.17) is 10.5 Å². The number of aryl methyl sites for hydroxylation is 2. The Morgan fingerprint density at radius 1 is 1.26 bits per heavy atom. The average molecular weight is 527 g/mol. The van der Waals surface area contributed by atoms with Crippen LogP contribution in [0.15, 0.2) is 41.0 Å². The summed E-state index contributed by atoms with van der Waals surface area (Å²) in [6.07, 6.45) is 3.18. The van der Waals surface area contributed by atoms with Crippen molar-refractivity contribution >= 4 is 38.9 Å². The first-order valence-corrected chi connectivity index (χ1v) is 11.8. The van der Waals surface area contributed by atoms with E-state index in [0.29, 0.717) is 30.5 Å². The molecule has 0 aliphatic carbocycles. The van der Waals surface area contributed by atoms with Gasteiger partial charge in [0.05, 0.1) is 41.1 Å². The highest BCUT2D eigenvalue weighted by atomic mass is 79.9. The highest BCUT2D eigenvalue weighted by molar-refractivity contribution is 9.10. The van der Waals surface area contributed by atoms with E-state index in [1.54, 1.807) is 29.9 Å². The van der Waals surface area contributed by atoms with E-state index in [1.165, 1.54) is 0 Å². The van der Waals surface area contributed by atoms with Crippen LogP contribution in [0.5, 0.6) is 0 Å². The fourth-order valence-corrected chi connectivity index (χ4v) is 4.39. The number of carboxylic acids is 1. The van der Waals surface area contributed by atoms with Crippen molar-refractivity contribution in [1.82, 2.24) is 24.3 Å². The zero-order chi connectivity index (χ0) is 24.4. The monoisotopic (exact) mass is 526 g/mol. The number of hydrogen-bond acceptors (Lipinski definition) is 6. The number of aromatic nitrogens is 5. The van der Waals surface area contributed by atoms with Crippen LogP contribution in [-0.2, 0) is 24.8 Å². The van der Waals surface area contributed by atoms with Gasteiger partial charge in [0.2, 0.25) is 5.95 Å². The third kappa shape index (κ3) is 5.13. The van der Waals surface area contributed by atoms with E-state index in [2.05, 4.69) is 31.0 Å². The Labute approximate surface area is 205 Å². The summed E-state index contributed by atoms with van der Waals surface area (Å²) in [5.41, 5.74) is 11.3. The molecule has 0 aliphatic heterocycles. The van der Waals surface area contributed by atoms with Crippen LogP contribution in [0.3, 0.4) is 0 Å². The van der Waals surface area contributed by atoms with Gasteiger partial charge in [0, 0.05) is 35.1 Å². The summed E-state index contributed by atoms with van der Waals surface area (Å²) in [6, 6.07) is 9.04. The zero-order valence-corrected chi connectivity index (χ0v) is 20.9. The van der Waals surface area contributed by atoms with E-state index in [-0.39, 0.29) is 11.7 Å². The lowest BCUT2D eigenvalue weighted by Crippen LogP contribution is -2.19. The van der Waals surface area contributed by atoms with Crippen molar-refractivity contribution < 1.29 is 14.6 Å². The van der Waals surface area contributed by atoms with E-state index in [0.717, 1.165) is 39.6 Å². The van der Waals surface area contributed by atoms with Crippen LogP contribution in [0.25, 0.3) is 22.3 Å². The molecule has 0 bridgehead atoms. The Balaban J connectivity index is 1.39. The summed E-state index contributed by atoms with van der Waals surface area (Å²) in [6.45, 7) is 4.96. The van der Waals surface area contributed by atoms with Gasteiger partial charge in [0.1, 0.15) is 0 Å². The molecule has 10 heteroatoms. The van der Waals surface area contributed by atoms with Crippen LogP contribution in [0.4, 0.5) is 5.95 Å². The first kappa shape index (κ1) is 23.9. The second-order valence-electron chi connectivity index (χ2n) is 8.31. The Kier molecular flexibility index (Phi) is 6.99. The fourth-order valence-electron chi connectivity index (χ4n) is 4.04. The van der Waals surface area contributed by atoms with Crippen molar-refractivity contribution in [3.05, 3.63) is 58.0 Å². The number of halogens is 1. The number of carboxylic acid groups (broad SMARTS) is 1. The molecule has 0 aliphatic rings. The predicted octanol–water partition coefficient (Wildman–Crippen LogP) is 4.22. The van der Waals surface area contributed by atoms with Gasteiger partial charge in [-0.25, -0.2) is 9.78 Å². The maximum absolute atomic E-state index is 11.4. The number of aromatic carboxylic acids is 1. The topological polar surface area (TPSA) is 121 Å². The summed E-state index contributed by atoms with van der Waals surface area (Å²) >= 11 is 3.50. The van der Waals surface area contributed by atoms with Crippen molar-refractivity contribution in [3.63, 3.8) is 0 Å². The first-order valence-electron chi connectivity index (χ1n) is 11.0. The SMILES string of the molecule is Cc1cc(C(=O)O)cc(-c2cnn(C)c2CCCO[C@@H](C)Cn2c(N)nc3ccc(Br)cc32)n1. The molecule has 0 amide bonds. The van der Waals surface area contributed by atoms with Crippen LogP contribution in [0.2, 0.25) is 0 Å². The van der Waals surface area contributed by atoms with Crippen LogP contribution in [0.1, 0.15) is 35.1 Å². The number of ether oxygens (including phenoxy) is 1. The summed E-state index contributed by atoms with van der Waals surface area (Å²) in [5, 5.41) is 13.7. The van der Waals surface area contributed by atoms with Gasteiger partial charge in [0.25, 0.3) is 0 Å². The minimum Gasteiger partial charge on any atom is -0.478 e. The van der Waals surface area contributed by atoms with Crippen molar-refractivity contribution in [2.75, 3.05) is 12.3 Å². The van der Waals surface area contributed by atoms with Gasteiger partial charge >= 0.3 is 5.97 Å². The van der Waals surface area contributed by atoms with Crippen LogP contribution < -0.4 is 5.73 Å². The molecule has 34 heavy (non-hydrogen) atoms. The molecule has 3 N–H and O–H groups in total. The number of pyridine rings is 1. The van der Waals surface area contributed by atoms with Crippen molar-refractivity contribution in [3.8, 4) is 11.3 Å². The van der Waals surface area contributed by atoms with Gasteiger partial charge < -0.3 is 20.1 Å². The van der Waals surface area contributed by atoms with Crippen molar-refractivity contribution in [1.29, 1.82) is 0 Å². The minimum atomic E-state index is -0.974. The summed E-state index contributed by atoms with van der Waals surface area (Å²) in [7, 11) is 1.88. The summed E-state index contributed by atoms with van der Waals surface area (Å²) < 4.78 is 10.8. The molecule has 0 radical (unpaired) electrons. The lowest BCUT2D eigenvalue weighted by molar-refractivity contribution is 0.0538. The molecule has 4 rings (SSSR count). The quantitative estimate of drug-likeness (QED) is 0.313. The molecule has 3 aromatic heterocycles. The Morgan fingerprint density at radius 3 is 2.82 bits per heavy atom. The lowest BCUT2D eigenvalue weighted by atomic mass is 10.1. The largest absolute Gasteiger partial charge is 0.478 e. The molecule has 0 unspecified atom stereocenters. The normalized spacial score (nSPS) is 12.4. The molecule has 178 valence electrons. The molecule has 0 saturated heterocycles. The first-order chi connectivity index (χ1) is 16.2. The van der Waals surface area contributed by atoms with E-state index < -0.39 is 5.97 Å². The number of fused-ring (bicyclic) bond motifs is 1. The molecular formula is C24H27BrN6O3. The standard InChI is InChI=1S/C24H27BrN6O3/c1-14-9-16(23(32)33)10-20(28-14)18-12-27-30(3)21(18)5-4-8-34-15(2)13-31-22-11-17(25)6-7-19(22)29-24(31)26/h6-7,9-12,15H,4-5,8,13H2,1-3H3,(H2,26,29)(H,32,33)/t15-/m0/s1. The maximum Gasteiger partial charge on any atom is 0.335 e. The molecule has 1 atom stereocenters. The third-order valence-corrected chi connectivity index (χ3v) is 6.17. The number of nitrogens with zero attached hydrogens (tertiary/aromatic N) is 5. The van der Waals surface area contributed by atoms with Gasteiger partial charge in [-0.3, -0.25) is 9.67 Å². The third-order valence-electron chi connectivity index (χ3n) is 5.68. The molecule has 0 fully saturated rings. The van der Waals surface area contributed by atoms with Gasteiger partial charge in [-0.2, -0.15) is 5.10 Å². The zero-order valence-electron chi connectivity index (χ0n) is 19.3. The van der Waals surface area contributed by atoms with E-state index >= 15 is 0 Å². The molecule has 0 saturated carbocycles. The molecule has 4 aromatic rings. The van der Waals surface area contributed by atoms with Gasteiger partial charge in [0.15, 0.2) is 0 Å². The molecular weight excluding hydrogens is 500 g/mol. The number of nitrogens with two attached hydrogens (primary N) is 1. The van der Waals surface area contributed by atoms with Crippen LogP contribution in [0, 0.1) is 6.92 Å². The predicted molar refractivity (Wildman–Crippen MR) is 134 cm³/mol. The smallest absolute Gasteiger partial charge is 0.335 e. The van der Waals surface area contributed by atoms with Gasteiger partial charge in [-0.05, 0) is 57.0 Å².